The second-order valence-electron chi connectivity index (χ2n) is 10.5. The lowest BCUT2D eigenvalue weighted by atomic mass is 9.99. The Bertz CT molecular complexity index is 1480. The van der Waals surface area contributed by atoms with E-state index in [4.69, 9.17) is 21.7 Å². The normalized spacial score (nSPS) is 14.6. The Morgan fingerprint density at radius 1 is 0.854 bits per heavy atom. The second kappa shape index (κ2) is 14.8. The van der Waals surface area contributed by atoms with Gasteiger partial charge in [-0.2, -0.15) is 0 Å². The molecule has 5 nitrogen and oxygen atoms in total. The first kappa shape index (κ1) is 30.3. The van der Waals surface area contributed by atoms with E-state index in [0.29, 0.717) is 23.8 Å². The largest absolute Gasteiger partial charge is 0.508 e. The lowest BCUT2D eigenvalue weighted by Gasteiger charge is -2.20. The van der Waals surface area contributed by atoms with Crippen molar-refractivity contribution in [2.45, 2.75) is 57.9 Å². The number of benzodiazepines with no additional fused rings is 1. The summed E-state index contributed by atoms with van der Waals surface area (Å²) in [4.78, 5) is 20.0. The third kappa shape index (κ3) is 7.96. The number of phenolic OH excluding ortho intramolecular Hbond substituents is 1. The zero-order valence-electron chi connectivity index (χ0n) is 23.9. The average molecular weight is 571 g/mol. The number of fused-ring (bicyclic) bond motifs is 2. The van der Waals surface area contributed by atoms with Gasteiger partial charge >= 0.3 is 0 Å². The summed E-state index contributed by atoms with van der Waals surface area (Å²) in [6, 6.07) is 26.2. The number of anilines is 1. The van der Waals surface area contributed by atoms with Crippen LogP contribution in [0.3, 0.4) is 0 Å². The van der Waals surface area contributed by atoms with E-state index in [1.54, 1.807) is 30.1 Å². The number of halogens is 1. The van der Waals surface area contributed by atoms with E-state index >= 15 is 0 Å². The van der Waals surface area contributed by atoms with Gasteiger partial charge in [0.2, 0.25) is 0 Å². The first-order chi connectivity index (χ1) is 19.9. The number of unbranched alkanes of at least 4 members (excludes halogenated alkanes) is 5. The highest BCUT2D eigenvalue weighted by Gasteiger charge is 2.30. The Morgan fingerprint density at radius 3 is 2.29 bits per heavy atom. The van der Waals surface area contributed by atoms with Crippen molar-refractivity contribution >= 4 is 39.7 Å². The Labute approximate surface area is 248 Å². The van der Waals surface area contributed by atoms with Crippen LogP contribution >= 0.6 is 11.6 Å². The van der Waals surface area contributed by atoms with Crippen LogP contribution in [0.25, 0.3) is 10.8 Å². The number of aliphatic hydroxyl groups is 1. The number of rotatable bonds is 9. The molecule has 4 aromatic rings. The number of carbonyl (C=O) groups is 1. The smallest absolute Gasteiger partial charge is 0.251 e. The number of aliphatic imine (C=N–C) groups is 1. The fourth-order valence-corrected chi connectivity index (χ4v) is 5.25. The third-order valence-corrected chi connectivity index (χ3v) is 7.61. The van der Waals surface area contributed by atoms with Crippen molar-refractivity contribution in [2.75, 3.05) is 18.6 Å². The maximum Gasteiger partial charge on any atom is 0.251 e. The zero-order chi connectivity index (χ0) is 29.2. The van der Waals surface area contributed by atoms with Crippen LogP contribution in [-0.4, -0.2) is 41.5 Å². The maximum atomic E-state index is 13.4. The number of aliphatic hydroxyl groups excluding tert-OH is 1. The molecule has 1 amide bonds. The van der Waals surface area contributed by atoms with Crippen LogP contribution in [0.1, 0.15) is 62.1 Å². The summed E-state index contributed by atoms with van der Waals surface area (Å²) in [7, 11) is 1.78. The number of amides is 1. The van der Waals surface area contributed by atoms with Crippen molar-refractivity contribution < 1.29 is 15.0 Å². The van der Waals surface area contributed by atoms with Crippen LogP contribution in [0, 0.1) is 0 Å². The summed E-state index contributed by atoms with van der Waals surface area (Å²) in [6.07, 6.45) is 7.98. The van der Waals surface area contributed by atoms with Crippen LogP contribution in [0.5, 0.6) is 5.75 Å². The Kier molecular flexibility index (Phi) is 10.9. The number of nitrogens with zero attached hydrogens (tertiary/aromatic N) is 2. The van der Waals surface area contributed by atoms with Gasteiger partial charge in [0.1, 0.15) is 11.8 Å². The molecule has 1 aliphatic heterocycles. The SMILES string of the molecule is CCCCCCCCO.CN1C(=O)C(Cc2ccc3ccccc3c2)N=C(c2ccc(O)cc2)c2cc(Cl)ccc21. The molecule has 5 rings (SSSR count). The summed E-state index contributed by atoms with van der Waals surface area (Å²) < 4.78 is 0. The molecule has 0 fully saturated rings. The van der Waals surface area contributed by atoms with Gasteiger partial charge in [0.15, 0.2) is 0 Å². The van der Waals surface area contributed by atoms with Crippen LogP contribution < -0.4 is 4.90 Å². The van der Waals surface area contributed by atoms with E-state index in [1.807, 2.05) is 36.4 Å². The molecule has 0 aliphatic carbocycles. The monoisotopic (exact) mass is 570 g/mol. The van der Waals surface area contributed by atoms with Crippen molar-refractivity contribution in [1.82, 2.24) is 0 Å². The van der Waals surface area contributed by atoms with Crippen molar-refractivity contribution in [1.29, 1.82) is 0 Å². The van der Waals surface area contributed by atoms with E-state index < -0.39 is 6.04 Å². The molecule has 0 saturated heterocycles. The molecule has 1 heterocycles. The topological polar surface area (TPSA) is 73.1 Å². The molecule has 0 spiro atoms. The molecule has 2 N–H and O–H groups in total. The Hall–Kier alpha value is -3.67. The molecular weight excluding hydrogens is 532 g/mol. The molecule has 1 unspecified atom stereocenters. The molecular formula is C35H39ClN2O3. The standard InChI is InChI=1S/C27H21ClN2O2.C8H18O/c1-30-25-13-10-21(28)16-23(25)26(19-8-11-22(31)12-9-19)29-24(27(30)32)15-17-6-7-18-4-2-3-5-20(18)14-17;1-2-3-4-5-6-7-8-9/h2-14,16,24,31H,15H2,1H3;9H,2-8H2,1H3. The molecule has 1 aliphatic rings. The highest BCUT2D eigenvalue weighted by molar-refractivity contribution is 6.32. The van der Waals surface area contributed by atoms with Crippen molar-refractivity contribution in [3.8, 4) is 5.75 Å². The fraction of sp³-hybridized carbons (Fsp3) is 0.314. The van der Waals surface area contributed by atoms with Crippen molar-refractivity contribution in [3.63, 3.8) is 0 Å². The summed E-state index contributed by atoms with van der Waals surface area (Å²) in [5.74, 6) is 0.103. The minimum Gasteiger partial charge on any atom is -0.508 e. The van der Waals surface area contributed by atoms with E-state index in [9.17, 15) is 9.90 Å². The lowest BCUT2D eigenvalue weighted by molar-refractivity contribution is -0.119. The van der Waals surface area contributed by atoms with E-state index in [-0.39, 0.29) is 11.7 Å². The number of hydrogen-bond acceptors (Lipinski definition) is 4. The molecule has 214 valence electrons. The highest BCUT2D eigenvalue weighted by Crippen LogP contribution is 2.31. The molecule has 0 bridgehead atoms. The molecule has 6 heteroatoms. The highest BCUT2D eigenvalue weighted by atomic mass is 35.5. The van der Waals surface area contributed by atoms with Gasteiger partial charge in [0.25, 0.3) is 5.91 Å². The number of benzene rings is 4. The van der Waals surface area contributed by atoms with E-state index in [0.717, 1.165) is 39.6 Å². The molecule has 0 aromatic heterocycles. The third-order valence-electron chi connectivity index (χ3n) is 7.37. The van der Waals surface area contributed by atoms with Crippen LogP contribution in [0.2, 0.25) is 5.02 Å². The zero-order valence-corrected chi connectivity index (χ0v) is 24.6. The van der Waals surface area contributed by atoms with Crippen LogP contribution in [0.15, 0.2) is 89.9 Å². The number of aromatic hydroxyl groups is 1. The second-order valence-corrected chi connectivity index (χ2v) is 10.9. The van der Waals surface area contributed by atoms with Crippen LogP contribution in [-0.2, 0) is 11.2 Å². The predicted octanol–water partition coefficient (Wildman–Crippen LogP) is 7.96. The first-order valence-electron chi connectivity index (χ1n) is 14.4. The predicted molar refractivity (Wildman–Crippen MR) is 171 cm³/mol. The number of phenols is 1. The summed E-state index contributed by atoms with van der Waals surface area (Å²) in [6.45, 7) is 2.58. The molecule has 4 aromatic carbocycles. The first-order valence-corrected chi connectivity index (χ1v) is 14.8. The van der Waals surface area contributed by atoms with Gasteiger partial charge < -0.3 is 15.1 Å². The van der Waals surface area contributed by atoms with Crippen molar-refractivity contribution in [2.24, 2.45) is 4.99 Å². The summed E-state index contributed by atoms with van der Waals surface area (Å²) in [5.41, 5.74) is 4.10. The number of likely N-dealkylation sites (N-methyl/N-ethyl adjacent to an activating group) is 1. The van der Waals surface area contributed by atoms with Gasteiger partial charge in [-0.15, -0.1) is 0 Å². The average Bonchev–Trinajstić information content (AvgIpc) is 3.08. The summed E-state index contributed by atoms with van der Waals surface area (Å²) >= 11 is 6.32. The summed E-state index contributed by atoms with van der Waals surface area (Å²) in [5, 5.41) is 21.0. The Balaban J connectivity index is 0.000000374. The van der Waals surface area contributed by atoms with Crippen molar-refractivity contribution in [3.05, 3.63) is 107 Å². The minimum absolute atomic E-state index is 0.0736. The molecule has 41 heavy (non-hydrogen) atoms. The van der Waals surface area contributed by atoms with Gasteiger partial charge in [-0.25, -0.2) is 0 Å². The van der Waals surface area contributed by atoms with Gasteiger partial charge in [-0.3, -0.25) is 9.79 Å². The fourth-order valence-electron chi connectivity index (χ4n) is 5.08. The number of carbonyl (C=O) groups excluding carboxylic acids is 1. The van der Waals surface area contributed by atoms with Gasteiger partial charge in [0, 0.05) is 36.2 Å². The maximum absolute atomic E-state index is 13.4. The number of hydrogen-bond donors (Lipinski definition) is 2. The molecule has 1 atom stereocenters. The van der Waals surface area contributed by atoms with E-state index in [2.05, 4.69) is 37.3 Å². The lowest BCUT2D eigenvalue weighted by Crippen LogP contribution is -2.36. The van der Waals surface area contributed by atoms with Gasteiger partial charge in [0.05, 0.1) is 11.4 Å². The Morgan fingerprint density at radius 2 is 1.56 bits per heavy atom. The van der Waals surface area contributed by atoms with E-state index in [1.165, 1.54) is 32.1 Å². The molecule has 0 radical (unpaired) electrons. The van der Waals surface area contributed by atoms with Gasteiger partial charge in [-0.05, 0) is 65.2 Å². The molecule has 0 saturated carbocycles. The van der Waals surface area contributed by atoms with Gasteiger partial charge in [-0.1, -0.05) is 93.1 Å². The minimum atomic E-state index is -0.587. The quantitative estimate of drug-likeness (QED) is 0.200. The van der Waals surface area contributed by atoms with Crippen LogP contribution in [0.4, 0.5) is 5.69 Å².